The van der Waals surface area contributed by atoms with Crippen LogP contribution in [0.5, 0.6) is 0 Å². The van der Waals surface area contributed by atoms with E-state index in [4.69, 9.17) is 20.8 Å². The Morgan fingerprint density at radius 1 is 1.13 bits per heavy atom. The number of pyridine rings is 1. The number of halogens is 1. The van der Waals surface area contributed by atoms with Crippen LogP contribution in [-0.4, -0.2) is 60.1 Å². The van der Waals surface area contributed by atoms with Crippen LogP contribution in [0, 0.1) is 0 Å². The second-order valence-electron chi connectivity index (χ2n) is 7.46. The van der Waals surface area contributed by atoms with Gasteiger partial charge < -0.3 is 14.1 Å². The molecule has 0 bridgehead atoms. The Bertz CT molecular complexity index is 1160. The number of aromatic nitrogens is 1. The van der Waals surface area contributed by atoms with Gasteiger partial charge in [-0.3, -0.25) is 19.5 Å². The third-order valence-corrected chi connectivity index (χ3v) is 5.92. The molecule has 3 aromatic rings. The van der Waals surface area contributed by atoms with E-state index in [0.29, 0.717) is 47.9 Å². The summed E-state index contributed by atoms with van der Waals surface area (Å²) in [5, 5.41) is 0.819. The Labute approximate surface area is 177 Å². The van der Waals surface area contributed by atoms with E-state index in [-0.39, 0.29) is 17.1 Å². The number of hydrogen-bond acceptors (Lipinski definition) is 6. The van der Waals surface area contributed by atoms with Gasteiger partial charge in [0.15, 0.2) is 5.43 Å². The van der Waals surface area contributed by atoms with E-state index in [9.17, 15) is 9.59 Å². The van der Waals surface area contributed by atoms with E-state index < -0.39 is 6.04 Å². The molecule has 0 saturated carbocycles. The average Bonchev–Trinajstić information content (AvgIpc) is 3.06. The molecule has 0 unspecified atom stereocenters. The molecule has 0 spiro atoms. The minimum Gasteiger partial charge on any atom is -0.450 e. The molecule has 0 aliphatic carbocycles. The molecule has 8 heteroatoms. The number of carbonyl (C=O) groups is 1. The second kappa shape index (κ2) is 7.83. The SMILES string of the molecule is O=C1c2oc3ccc(Cl)cc3c(=O)c2[C@@H](c2cccnc2)N1CCN1CCOCC1. The van der Waals surface area contributed by atoms with E-state index in [1.807, 2.05) is 6.07 Å². The molecule has 1 atom stereocenters. The number of morpholine rings is 1. The summed E-state index contributed by atoms with van der Waals surface area (Å²) >= 11 is 6.10. The molecule has 1 aromatic carbocycles. The number of hydrogen-bond donors (Lipinski definition) is 0. The van der Waals surface area contributed by atoms with Crippen LogP contribution in [0.1, 0.15) is 27.7 Å². The van der Waals surface area contributed by atoms with Crippen molar-refractivity contribution < 1.29 is 13.9 Å². The highest BCUT2D eigenvalue weighted by Gasteiger charge is 2.42. The van der Waals surface area contributed by atoms with Gasteiger partial charge in [-0.15, -0.1) is 0 Å². The van der Waals surface area contributed by atoms with Crippen molar-refractivity contribution >= 4 is 28.5 Å². The van der Waals surface area contributed by atoms with Crippen LogP contribution in [0.15, 0.2) is 51.9 Å². The minimum absolute atomic E-state index is 0.102. The largest absolute Gasteiger partial charge is 0.450 e. The number of benzene rings is 1. The van der Waals surface area contributed by atoms with E-state index in [1.165, 1.54) is 0 Å². The Balaban J connectivity index is 1.60. The molecule has 4 heterocycles. The molecule has 0 N–H and O–H groups in total. The van der Waals surface area contributed by atoms with Crippen molar-refractivity contribution in [1.82, 2.24) is 14.8 Å². The maximum absolute atomic E-state index is 13.4. The monoisotopic (exact) mass is 425 g/mol. The van der Waals surface area contributed by atoms with Crippen LogP contribution in [0.3, 0.4) is 0 Å². The van der Waals surface area contributed by atoms with Crippen LogP contribution in [0.25, 0.3) is 11.0 Å². The van der Waals surface area contributed by atoms with E-state index in [2.05, 4.69) is 9.88 Å². The number of amides is 1. The van der Waals surface area contributed by atoms with Crippen molar-refractivity contribution in [3.05, 3.63) is 74.9 Å². The maximum Gasteiger partial charge on any atom is 0.290 e. The molecule has 7 nitrogen and oxygen atoms in total. The lowest BCUT2D eigenvalue weighted by Gasteiger charge is -2.30. The molecule has 2 aromatic heterocycles. The van der Waals surface area contributed by atoms with Crippen LogP contribution < -0.4 is 5.43 Å². The molecule has 0 radical (unpaired) electrons. The summed E-state index contributed by atoms with van der Waals surface area (Å²) in [6.45, 7) is 4.19. The van der Waals surface area contributed by atoms with Gasteiger partial charge in [-0.05, 0) is 29.8 Å². The van der Waals surface area contributed by atoms with Gasteiger partial charge in [0.05, 0.1) is 30.2 Å². The molecule has 2 aliphatic rings. The van der Waals surface area contributed by atoms with Gasteiger partial charge in [0.25, 0.3) is 5.91 Å². The van der Waals surface area contributed by atoms with E-state index >= 15 is 0 Å². The predicted octanol–water partition coefficient (Wildman–Crippen LogP) is 2.72. The zero-order chi connectivity index (χ0) is 20.7. The van der Waals surface area contributed by atoms with Gasteiger partial charge in [-0.1, -0.05) is 17.7 Å². The van der Waals surface area contributed by atoms with Crippen molar-refractivity contribution in [3.8, 4) is 0 Å². The first-order chi connectivity index (χ1) is 14.6. The highest BCUT2D eigenvalue weighted by molar-refractivity contribution is 6.31. The zero-order valence-corrected chi connectivity index (χ0v) is 17.0. The summed E-state index contributed by atoms with van der Waals surface area (Å²) < 4.78 is 11.3. The highest BCUT2D eigenvalue weighted by Crippen LogP contribution is 2.37. The summed E-state index contributed by atoms with van der Waals surface area (Å²) in [7, 11) is 0. The summed E-state index contributed by atoms with van der Waals surface area (Å²) in [6.07, 6.45) is 3.36. The van der Waals surface area contributed by atoms with Crippen molar-refractivity contribution in [2.75, 3.05) is 39.4 Å². The van der Waals surface area contributed by atoms with Gasteiger partial charge in [-0.25, -0.2) is 0 Å². The Hall–Kier alpha value is -2.74. The zero-order valence-electron chi connectivity index (χ0n) is 16.2. The Morgan fingerprint density at radius 3 is 2.73 bits per heavy atom. The lowest BCUT2D eigenvalue weighted by atomic mass is 10.00. The Morgan fingerprint density at radius 2 is 1.97 bits per heavy atom. The average molecular weight is 426 g/mol. The summed E-state index contributed by atoms with van der Waals surface area (Å²) in [5.74, 6) is -0.174. The number of rotatable bonds is 4. The first-order valence-electron chi connectivity index (χ1n) is 9.91. The molecule has 1 saturated heterocycles. The van der Waals surface area contributed by atoms with Gasteiger partial charge >= 0.3 is 0 Å². The van der Waals surface area contributed by atoms with Gasteiger partial charge in [0, 0.05) is 43.6 Å². The highest BCUT2D eigenvalue weighted by atomic mass is 35.5. The van der Waals surface area contributed by atoms with E-state index in [1.54, 1.807) is 41.6 Å². The smallest absolute Gasteiger partial charge is 0.290 e. The second-order valence-corrected chi connectivity index (χ2v) is 7.89. The fourth-order valence-corrected chi connectivity index (χ4v) is 4.35. The first-order valence-corrected chi connectivity index (χ1v) is 10.3. The molecule has 1 amide bonds. The fraction of sp³-hybridized carbons (Fsp3) is 0.318. The molecule has 5 rings (SSSR count). The quantitative estimate of drug-likeness (QED) is 0.639. The van der Waals surface area contributed by atoms with Crippen LogP contribution >= 0.6 is 11.6 Å². The normalized spacial score (nSPS) is 19.4. The molecule has 2 aliphatic heterocycles. The van der Waals surface area contributed by atoms with Gasteiger partial charge in [0.2, 0.25) is 5.76 Å². The number of fused-ring (bicyclic) bond motifs is 2. The van der Waals surface area contributed by atoms with Crippen molar-refractivity contribution in [1.29, 1.82) is 0 Å². The summed E-state index contributed by atoms with van der Waals surface area (Å²) in [4.78, 5) is 34.9. The van der Waals surface area contributed by atoms with Gasteiger partial charge in [-0.2, -0.15) is 0 Å². The molecular weight excluding hydrogens is 406 g/mol. The first kappa shape index (κ1) is 19.2. The summed E-state index contributed by atoms with van der Waals surface area (Å²) in [6, 6.07) is 8.00. The topological polar surface area (TPSA) is 75.9 Å². The number of ether oxygens (including phenoxy) is 1. The summed E-state index contributed by atoms with van der Waals surface area (Å²) in [5.41, 5.74) is 1.26. The number of carbonyl (C=O) groups excluding carboxylic acids is 1. The van der Waals surface area contributed by atoms with Crippen LogP contribution in [0.2, 0.25) is 5.02 Å². The molecule has 30 heavy (non-hydrogen) atoms. The molecular formula is C22H20ClN3O4. The number of nitrogens with zero attached hydrogens (tertiary/aromatic N) is 3. The third kappa shape index (κ3) is 3.29. The van der Waals surface area contributed by atoms with Crippen LogP contribution in [-0.2, 0) is 4.74 Å². The van der Waals surface area contributed by atoms with Crippen molar-refractivity contribution in [2.24, 2.45) is 0 Å². The lowest BCUT2D eigenvalue weighted by Crippen LogP contribution is -2.42. The predicted molar refractivity (Wildman–Crippen MR) is 112 cm³/mol. The molecule has 1 fully saturated rings. The maximum atomic E-state index is 13.4. The fourth-order valence-electron chi connectivity index (χ4n) is 4.18. The van der Waals surface area contributed by atoms with Crippen LogP contribution in [0.4, 0.5) is 0 Å². The van der Waals surface area contributed by atoms with E-state index in [0.717, 1.165) is 18.7 Å². The molecule has 154 valence electrons. The van der Waals surface area contributed by atoms with Crippen molar-refractivity contribution in [3.63, 3.8) is 0 Å². The van der Waals surface area contributed by atoms with Crippen molar-refractivity contribution in [2.45, 2.75) is 6.04 Å². The minimum atomic E-state index is -0.540. The lowest BCUT2D eigenvalue weighted by molar-refractivity contribution is 0.0314. The Kier molecular flexibility index (Phi) is 5.02. The third-order valence-electron chi connectivity index (χ3n) is 5.69. The van der Waals surface area contributed by atoms with Gasteiger partial charge in [0.1, 0.15) is 5.58 Å². The standard InChI is InChI=1S/C22H20ClN3O4/c23-15-3-4-17-16(12-15)20(27)18-19(14-2-1-5-24-13-14)26(22(28)21(18)30-17)7-6-25-8-10-29-11-9-25/h1-5,12-13,19H,6-11H2/t19-/m1/s1.